The van der Waals surface area contributed by atoms with Gasteiger partial charge in [0.05, 0.1) is 4.90 Å². The molecule has 0 radical (unpaired) electrons. The van der Waals surface area contributed by atoms with E-state index in [4.69, 9.17) is 5.11 Å². The lowest BCUT2D eigenvalue weighted by molar-refractivity contribution is -0.136. The molecule has 0 aliphatic rings. The SMILES string of the molecule is CS(=O)(=O)c1ccc(C(Br)C(=O)O)cc1. The van der Waals surface area contributed by atoms with Gasteiger partial charge in [-0.3, -0.25) is 4.79 Å². The number of carboxylic acid groups (broad SMARTS) is 1. The molecule has 6 heteroatoms. The molecular weight excluding hydrogens is 284 g/mol. The van der Waals surface area contributed by atoms with E-state index in [9.17, 15) is 13.2 Å². The number of alkyl halides is 1. The summed E-state index contributed by atoms with van der Waals surface area (Å²) in [7, 11) is -3.23. The fourth-order valence-electron chi connectivity index (χ4n) is 1.03. The molecular formula is C9H9BrO4S. The summed E-state index contributed by atoms with van der Waals surface area (Å²) in [5.74, 6) is -1.01. The Labute approximate surface area is 96.0 Å². The van der Waals surface area contributed by atoms with Crippen molar-refractivity contribution in [3.05, 3.63) is 29.8 Å². The van der Waals surface area contributed by atoms with Crippen molar-refractivity contribution < 1.29 is 18.3 Å². The summed E-state index contributed by atoms with van der Waals surface area (Å²) in [6, 6.07) is 5.73. The number of carboxylic acids is 1. The highest BCUT2D eigenvalue weighted by Gasteiger charge is 2.16. The molecule has 1 aromatic rings. The molecule has 1 rings (SSSR count). The van der Waals surface area contributed by atoms with Crippen LogP contribution < -0.4 is 0 Å². The number of carbonyl (C=O) groups is 1. The average Bonchev–Trinajstić information content (AvgIpc) is 2.15. The van der Waals surface area contributed by atoms with Crippen LogP contribution in [0.5, 0.6) is 0 Å². The van der Waals surface area contributed by atoms with Gasteiger partial charge in [0.1, 0.15) is 4.83 Å². The van der Waals surface area contributed by atoms with E-state index in [2.05, 4.69) is 15.9 Å². The summed E-state index contributed by atoms with van der Waals surface area (Å²) in [4.78, 5) is 9.98. The highest BCUT2D eigenvalue weighted by atomic mass is 79.9. The van der Waals surface area contributed by atoms with Crippen LogP contribution in [0.15, 0.2) is 29.2 Å². The van der Waals surface area contributed by atoms with E-state index in [1.807, 2.05) is 0 Å². The number of benzene rings is 1. The largest absolute Gasteiger partial charge is 0.480 e. The molecule has 1 atom stereocenters. The van der Waals surface area contributed by atoms with Crippen LogP contribution in [0.3, 0.4) is 0 Å². The molecule has 0 aliphatic carbocycles. The number of hydrogen-bond donors (Lipinski definition) is 1. The van der Waals surface area contributed by atoms with Crippen molar-refractivity contribution in [1.29, 1.82) is 0 Å². The van der Waals surface area contributed by atoms with Crippen molar-refractivity contribution in [1.82, 2.24) is 0 Å². The van der Waals surface area contributed by atoms with Crippen LogP contribution >= 0.6 is 15.9 Å². The Morgan fingerprint density at radius 2 is 1.80 bits per heavy atom. The van der Waals surface area contributed by atoms with Gasteiger partial charge in [-0.05, 0) is 17.7 Å². The highest BCUT2D eigenvalue weighted by Crippen LogP contribution is 2.23. The molecule has 0 fully saturated rings. The summed E-state index contributed by atoms with van der Waals surface area (Å²) in [5.41, 5.74) is 0.509. The first-order valence-electron chi connectivity index (χ1n) is 3.99. The molecule has 0 aliphatic heterocycles. The Morgan fingerprint density at radius 3 is 2.13 bits per heavy atom. The van der Waals surface area contributed by atoms with Gasteiger partial charge < -0.3 is 5.11 Å². The minimum absolute atomic E-state index is 0.177. The normalized spacial score (nSPS) is 13.5. The maximum atomic E-state index is 11.1. The molecule has 15 heavy (non-hydrogen) atoms. The van der Waals surface area contributed by atoms with Gasteiger partial charge in [-0.1, -0.05) is 28.1 Å². The predicted octanol–water partition coefficient (Wildman–Crippen LogP) is 1.61. The number of halogens is 1. The number of aliphatic carboxylic acids is 1. The van der Waals surface area contributed by atoms with E-state index in [0.29, 0.717) is 5.56 Å². The van der Waals surface area contributed by atoms with Crippen LogP contribution in [-0.2, 0) is 14.6 Å². The molecule has 82 valence electrons. The molecule has 0 bridgehead atoms. The molecule has 1 unspecified atom stereocenters. The van der Waals surface area contributed by atoms with Crippen molar-refractivity contribution in [2.24, 2.45) is 0 Å². The Balaban J connectivity index is 3.06. The van der Waals surface area contributed by atoms with Gasteiger partial charge in [-0.15, -0.1) is 0 Å². The van der Waals surface area contributed by atoms with Crippen LogP contribution in [0.2, 0.25) is 0 Å². The van der Waals surface area contributed by atoms with Crippen molar-refractivity contribution in [2.75, 3.05) is 6.26 Å². The molecule has 0 amide bonds. The van der Waals surface area contributed by atoms with Crippen LogP contribution in [0.4, 0.5) is 0 Å². The van der Waals surface area contributed by atoms with Crippen molar-refractivity contribution in [3.8, 4) is 0 Å². The third-order valence-corrected chi connectivity index (χ3v) is 3.87. The smallest absolute Gasteiger partial charge is 0.321 e. The summed E-state index contributed by atoms with van der Waals surface area (Å²) in [6.45, 7) is 0. The zero-order valence-electron chi connectivity index (χ0n) is 7.84. The highest BCUT2D eigenvalue weighted by molar-refractivity contribution is 9.09. The lowest BCUT2D eigenvalue weighted by Gasteiger charge is -2.05. The first-order valence-corrected chi connectivity index (χ1v) is 6.80. The van der Waals surface area contributed by atoms with Crippen molar-refractivity contribution in [3.63, 3.8) is 0 Å². The Hall–Kier alpha value is -0.880. The Bertz CT molecular complexity index is 463. The van der Waals surface area contributed by atoms with Crippen LogP contribution in [0.1, 0.15) is 10.4 Å². The van der Waals surface area contributed by atoms with Crippen molar-refractivity contribution in [2.45, 2.75) is 9.72 Å². The minimum Gasteiger partial charge on any atom is -0.480 e. The van der Waals surface area contributed by atoms with Gasteiger partial charge in [-0.25, -0.2) is 8.42 Å². The first-order chi connectivity index (χ1) is 6.82. The Kier molecular flexibility index (Phi) is 3.51. The zero-order chi connectivity index (χ0) is 11.6. The molecule has 0 aromatic heterocycles. The summed E-state index contributed by atoms with van der Waals surface area (Å²) < 4.78 is 22.2. The van der Waals surface area contributed by atoms with Crippen LogP contribution in [-0.4, -0.2) is 25.7 Å². The van der Waals surface area contributed by atoms with Gasteiger partial charge >= 0.3 is 5.97 Å². The molecule has 1 aromatic carbocycles. The molecule has 0 spiro atoms. The second kappa shape index (κ2) is 4.32. The predicted molar refractivity (Wildman–Crippen MR) is 58.9 cm³/mol. The number of sulfone groups is 1. The number of hydrogen-bond acceptors (Lipinski definition) is 3. The second-order valence-electron chi connectivity index (χ2n) is 3.04. The van der Waals surface area contributed by atoms with Gasteiger partial charge in [-0.2, -0.15) is 0 Å². The second-order valence-corrected chi connectivity index (χ2v) is 5.97. The Morgan fingerprint density at radius 1 is 1.33 bits per heavy atom. The van der Waals surface area contributed by atoms with E-state index in [0.717, 1.165) is 6.26 Å². The lowest BCUT2D eigenvalue weighted by Crippen LogP contribution is -2.05. The molecule has 0 saturated carbocycles. The first kappa shape index (κ1) is 12.2. The van der Waals surface area contributed by atoms with E-state index in [-0.39, 0.29) is 4.90 Å². The fourth-order valence-corrected chi connectivity index (χ4v) is 1.96. The summed E-state index contributed by atoms with van der Waals surface area (Å²) >= 11 is 2.98. The fraction of sp³-hybridized carbons (Fsp3) is 0.222. The molecule has 1 N–H and O–H groups in total. The van der Waals surface area contributed by atoms with Crippen LogP contribution in [0.25, 0.3) is 0 Å². The molecule has 0 saturated heterocycles. The molecule has 4 nitrogen and oxygen atoms in total. The van der Waals surface area contributed by atoms with E-state index >= 15 is 0 Å². The van der Waals surface area contributed by atoms with Crippen molar-refractivity contribution >= 4 is 31.7 Å². The third-order valence-electron chi connectivity index (χ3n) is 1.82. The quantitative estimate of drug-likeness (QED) is 0.859. The minimum atomic E-state index is -3.23. The third kappa shape index (κ3) is 3.04. The topological polar surface area (TPSA) is 71.4 Å². The van der Waals surface area contributed by atoms with E-state index in [1.165, 1.54) is 24.3 Å². The van der Waals surface area contributed by atoms with Gasteiger partial charge in [0, 0.05) is 6.26 Å². The van der Waals surface area contributed by atoms with Gasteiger partial charge in [0.15, 0.2) is 9.84 Å². The lowest BCUT2D eigenvalue weighted by atomic mass is 10.1. The summed E-state index contributed by atoms with van der Waals surface area (Å²) in [5, 5.41) is 8.70. The summed E-state index contributed by atoms with van der Waals surface area (Å²) in [6.07, 6.45) is 1.10. The number of rotatable bonds is 3. The maximum Gasteiger partial charge on any atom is 0.321 e. The van der Waals surface area contributed by atoms with Gasteiger partial charge in [0.2, 0.25) is 0 Å². The zero-order valence-corrected chi connectivity index (χ0v) is 10.2. The average molecular weight is 293 g/mol. The van der Waals surface area contributed by atoms with Gasteiger partial charge in [0.25, 0.3) is 0 Å². The van der Waals surface area contributed by atoms with E-state index < -0.39 is 20.6 Å². The maximum absolute atomic E-state index is 11.1. The standard InChI is InChI=1S/C9H9BrO4S/c1-15(13,14)7-4-2-6(3-5-7)8(10)9(11)12/h2-5,8H,1H3,(H,11,12). The van der Waals surface area contributed by atoms with E-state index in [1.54, 1.807) is 0 Å². The van der Waals surface area contributed by atoms with Crippen LogP contribution in [0, 0.1) is 0 Å². The monoisotopic (exact) mass is 292 g/mol. The molecule has 0 heterocycles.